The molecular formula is C24H17N5O2S. The summed E-state index contributed by atoms with van der Waals surface area (Å²) in [5.41, 5.74) is 5.07. The van der Waals surface area contributed by atoms with Gasteiger partial charge in [-0.2, -0.15) is 0 Å². The first-order valence-corrected chi connectivity index (χ1v) is 11.3. The van der Waals surface area contributed by atoms with Crippen molar-refractivity contribution in [1.29, 1.82) is 0 Å². The van der Waals surface area contributed by atoms with Crippen LogP contribution in [0.15, 0.2) is 103 Å². The van der Waals surface area contributed by atoms with Crippen LogP contribution in [0, 0.1) is 0 Å². The second kappa shape index (κ2) is 8.16. The molecular weight excluding hydrogens is 422 g/mol. The molecule has 3 aromatic heterocycles. The number of nitrogens with zero attached hydrogens (tertiary/aromatic N) is 4. The Hall–Kier alpha value is -4.17. The summed E-state index contributed by atoms with van der Waals surface area (Å²) in [5.74, 6) is 0. The molecule has 0 saturated carbocycles. The van der Waals surface area contributed by atoms with Gasteiger partial charge in [0.2, 0.25) is 0 Å². The third-order valence-electron chi connectivity index (χ3n) is 4.88. The summed E-state index contributed by atoms with van der Waals surface area (Å²) in [6.07, 6.45) is 8.33. The maximum Gasteiger partial charge on any atom is 0.261 e. The van der Waals surface area contributed by atoms with Crippen LogP contribution in [-0.2, 0) is 10.0 Å². The number of anilines is 1. The van der Waals surface area contributed by atoms with Crippen molar-refractivity contribution in [2.45, 2.75) is 4.90 Å². The van der Waals surface area contributed by atoms with Crippen LogP contribution in [0.25, 0.3) is 33.4 Å². The number of sulfonamides is 1. The first kappa shape index (κ1) is 19.8. The van der Waals surface area contributed by atoms with E-state index in [0.29, 0.717) is 5.69 Å². The van der Waals surface area contributed by atoms with Crippen LogP contribution in [0.3, 0.4) is 0 Å². The molecule has 0 aliphatic heterocycles. The van der Waals surface area contributed by atoms with Crippen molar-refractivity contribution in [3.63, 3.8) is 0 Å². The van der Waals surface area contributed by atoms with Crippen molar-refractivity contribution in [2.24, 2.45) is 0 Å². The van der Waals surface area contributed by atoms with E-state index in [-0.39, 0.29) is 4.90 Å². The first-order chi connectivity index (χ1) is 15.6. The Balaban J connectivity index is 1.49. The molecule has 7 nitrogen and oxygen atoms in total. The Morgan fingerprint density at radius 1 is 0.688 bits per heavy atom. The third kappa shape index (κ3) is 4.03. The van der Waals surface area contributed by atoms with E-state index in [4.69, 9.17) is 4.98 Å². The smallest absolute Gasteiger partial charge is 0.261 e. The maximum atomic E-state index is 12.6. The van der Waals surface area contributed by atoms with Crippen molar-refractivity contribution in [3.05, 3.63) is 97.7 Å². The molecule has 0 bridgehead atoms. The van der Waals surface area contributed by atoms with E-state index in [1.807, 2.05) is 30.3 Å². The van der Waals surface area contributed by atoms with Crippen molar-refractivity contribution >= 4 is 26.7 Å². The van der Waals surface area contributed by atoms with Gasteiger partial charge in [-0.1, -0.05) is 24.3 Å². The van der Waals surface area contributed by atoms with Crippen molar-refractivity contribution < 1.29 is 8.42 Å². The van der Waals surface area contributed by atoms with Crippen LogP contribution in [0.5, 0.6) is 0 Å². The molecule has 2 aromatic carbocycles. The first-order valence-electron chi connectivity index (χ1n) is 9.79. The van der Waals surface area contributed by atoms with Gasteiger partial charge < -0.3 is 0 Å². The molecule has 8 heteroatoms. The largest absolute Gasteiger partial charge is 0.278 e. The quantitative estimate of drug-likeness (QED) is 0.431. The average molecular weight is 440 g/mol. The lowest BCUT2D eigenvalue weighted by Gasteiger charge is -2.10. The summed E-state index contributed by atoms with van der Waals surface area (Å²) in [4.78, 5) is 17.8. The van der Waals surface area contributed by atoms with Gasteiger partial charge in [-0.25, -0.2) is 13.4 Å². The van der Waals surface area contributed by atoms with Crippen LogP contribution in [0.2, 0.25) is 0 Å². The summed E-state index contributed by atoms with van der Waals surface area (Å²) in [5, 5.41) is 0. The van der Waals surface area contributed by atoms with E-state index in [1.54, 1.807) is 61.2 Å². The van der Waals surface area contributed by atoms with Crippen LogP contribution < -0.4 is 4.72 Å². The van der Waals surface area contributed by atoms with E-state index in [2.05, 4.69) is 19.7 Å². The van der Waals surface area contributed by atoms with Gasteiger partial charge in [0.15, 0.2) is 0 Å². The van der Waals surface area contributed by atoms with Crippen molar-refractivity contribution in [1.82, 2.24) is 19.9 Å². The van der Waals surface area contributed by atoms with Gasteiger partial charge in [0.25, 0.3) is 10.0 Å². The number of fused-ring (bicyclic) bond motifs is 1. The van der Waals surface area contributed by atoms with E-state index in [9.17, 15) is 8.42 Å². The zero-order valence-corrected chi connectivity index (χ0v) is 17.6. The van der Waals surface area contributed by atoms with Gasteiger partial charge in [0.05, 0.1) is 39.7 Å². The normalized spacial score (nSPS) is 11.4. The number of rotatable bonds is 5. The molecule has 0 radical (unpaired) electrons. The molecule has 0 atom stereocenters. The highest BCUT2D eigenvalue weighted by Crippen LogP contribution is 2.26. The molecule has 0 spiro atoms. The predicted octanol–water partition coefficient (Wildman–Crippen LogP) is 4.55. The minimum Gasteiger partial charge on any atom is -0.278 e. The average Bonchev–Trinajstić information content (AvgIpc) is 2.84. The topological polar surface area (TPSA) is 97.7 Å². The highest BCUT2D eigenvalue weighted by Gasteiger charge is 2.14. The summed E-state index contributed by atoms with van der Waals surface area (Å²) in [6.45, 7) is 0. The highest BCUT2D eigenvalue weighted by atomic mass is 32.2. The SMILES string of the molecule is O=S(=O)(Nc1cncc(-c2ccc3ncc(-c4cccnc4)nc3c2)c1)c1ccccc1. The zero-order chi connectivity index (χ0) is 22.0. The lowest BCUT2D eigenvalue weighted by atomic mass is 10.1. The molecule has 0 saturated heterocycles. The molecule has 0 fully saturated rings. The number of hydrogen-bond acceptors (Lipinski definition) is 6. The minimum absolute atomic E-state index is 0.189. The number of aromatic nitrogens is 4. The molecule has 0 amide bonds. The summed E-state index contributed by atoms with van der Waals surface area (Å²) >= 11 is 0. The van der Waals surface area contributed by atoms with Crippen molar-refractivity contribution in [2.75, 3.05) is 4.72 Å². The Labute approximate surface area is 184 Å². The minimum atomic E-state index is -3.70. The van der Waals surface area contributed by atoms with Gasteiger partial charge in [0.1, 0.15) is 0 Å². The number of pyridine rings is 2. The number of nitrogens with one attached hydrogen (secondary N) is 1. The Morgan fingerprint density at radius 3 is 2.34 bits per heavy atom. The Morgan fingerprint density at radius 2 is 1.53 bits per heavy atom. The van der Waals surface area contributed by atoms with Crippen LogP contribution in [0.1, 0.15) is 0 Å². The number of hydrogen-bond donors (Lipinski definition) is 1. The Kier molecular flexibility index (Phi) is 5.04. The zero-order valence-electron chi connectivity index (χ0n) is 16.8. The highest BCUT2D eigenvalue weighted by molar-refractivity contribution is 7.92. The Bertz CT molecular complexity index is 1510. The fourth-order valence-corrected chi connectivity index (χ4v) is 4.37. The summed E-state index contributed by atoms with van der Waals surface area (Å²) in [6, 6.07) is 19.4. The third-order valence-corrected chi connectivity index (χ3v) is 6.27. The summed E-state index contributed by atoms with van der Waals surface area (Å²) < 4.78 is 27.9. The van der Waals surface area contributed by atoms with Crippen LogP contribution >= 0.6 is 0 Å². The van der Waals surface area contributed by atoms with Gasteiger partial charge in [-0.3, -0.25) is 19.7 Å². The fourth-order valence-electron chi connectivity index (χ4n) is 3.31. The second-order valence-corrected chi connectivity index (χ2v) is 8.76. The molecule has 5 rings (SSSR count). The van der Waals surface area contributed by atoms with Crippen LogP contribution in [0.4, 0.5) is 5.69 Å². The molecule has 32 heavy (non-hydrogen) atoms. The van der Waals surface area contributed by atoms with E-state index in [0.717, 1.165) is 33.4 Å². The van der Waals surface area contributed by atoms with Crippen LogP contribution in [-0.4, -0.2) is 28.4 Å². The molecule has 0 unspecified atom stereocenters. The summed E-state index contributed by atoms with van der Waals surface area (Å²) in [7, 11) is -3.70. The van der Waals surface area contributed by atoms with E-state index in [1.165, 1.54) is 6.20 Å². The second-order valence-electron chi connectivity index (χ2n) is 7.08. The van der Waals surface area contributed by atoms with Gasteiger partial charge >= 0.3 is 0 Å². The molecule has 3 heterocycles. The van der Waals surface area contributed by atoms with Gasteiger partial charge in [0, 0.05) is 29.7 Å². The van der Waals surface area contributed by atoms with E-state index >= 15 is 0 Å². The standard InChI is InChI=1S/C24H17N5O2S/c30-32(31,21-6-2-1-3-7-21)29-20-11-19(14-26-15-20)17-8-9-22-23(12-17)28-24(16-27-22)18-5-4-10-25-13-18/h1-16,29H. The molecule has 1 N–H and O–H groups in total. The van der Waals surface area contributed by atoms with Gasteiger partial charge in [-0.05, 0) is 48.0 Å². The maximum absolute atomic E-state index is 12.6. The molecule has 0 aliphatic carbocycles. The fraction of sp³-hybridized carbons (Fsp3) is 0. The molecule has 156 valence electrons. The van der Waals surface area contributed by atoms with E-state index < -0.39 is 10.0 Å². The monoisotopic (exact) mass is 439 g/mol. The van der Waals surface area contributed by atoms with Crippen molar-refractivity contribution in [3.8, 4) is 22.4 Å². The molecule has 5 aromatic rings. The molecule has 0 aliphatic rings. The lowest BCUT2D eigenvalue weighted by Crippen LogP contribution is -2.12. The number of benzene rings is 2. The predicted molar refractivity (Wildman–Crippen MR) is 123 cm³/mol. The van der Waals surface area contributed by atoms with Gasteiger partial charge in [-0.15, -0.1) is 0 Å². The lowest BCUT2D eigenvalue weighted by molar-refractivity contribution is 0.601.